The lowest BCUT2D eigenvalue weighted by atomic mass is 10.0. The molecule has 336 valence electrons. The number of phosphoric ester groups is 1. The molecule has 0 aliphatic heterocycles. The van der Waals surface area contributed by atoms with Gasteiger partial charge in [0.1, 0.15) is 31.0 Å². The van der Waals surface area contributed by atoms with Gasteiger partial charge in [0.05, 0.1) is 21.2 Å². The van der Waals surface area contributed by atoms with Crippen molar-refractivity contribution in [2.24, 2.45) is 0 Å². The molecule has 0 radical (unpaired) electrons. The molecule has 0 aromatic carbocycles. The van der Waals surface area contributed by atoms with Crippen LogP contribution in [0, 0.1) is 0 Å². The molecule has 0 heterocycles. The lowest BCUT2D eigenvalue weighted by Gasteiger charge is -2.28. The predicted molar refractivity (Wildman–Crippen MR) is 223 cm³/mol. The highest BCUT2D eigenvalue weighted by atomic mass is 31.2. The molecule has 0 aromatic rings. The maximum absolute atomic E-state index is 12.8. The molecule has 7 atom stereocenters. The van der Waals surface area contributed by atoms with E-state index in [2.05, 4.69) is 38.2 Å². The van der Waals surface area contributed by atoms with E-state index >= 15 is 0 Å². The van der Waals surface area contributed by atoms with E-state index in [0.29, 0.717) is 19.3 Å². The molecule has 0 aliphatic carbocycles. The fourth-order valence-corrected chi connectivity index (χ4v) is 6.93. The standard InChI is InChI=1S/C43H81O13P/c1-3-5-7-9-11-13-15-17-18-20-21-23-25-27-29-31-40(47)53-35-37(36-54-57(51,52)56-39(34-45)43(50)42(49)38(46)33-44)55-41(48)32-30-28-26-24-22-19-16-14-12-10-8-6-4-2/h8,10,22,24,37-39,42-46,49-50H,3-7,9,11-21,23,25-36H2,1-2H3,(H,51,52)/b10-8-,24-22-/t37-,38-,39-,42-,43-/m1/s1/i35D/t35?,37-,38-,39-,42-,43-. The predicted octanol–water partition coefficient (Wildman–Crippen LogP) is 8.31. The summed E-state index contributed by atoms with van der Waals surface area (Å²) in [6, 6.07) is 0. The lowest BCUT2D eigenvalue weighted by Crippen LogP contribution is -2.47. The molecule has 0 rings (SSSR count). The van der Waals surface area contributed by atoms with Crippen molar-refractivity contribution >= 4 is 19.8 Å². The normalized spacial score (nSPS) is 16.5. The second-order valence-electron chi connectivity index (χ2n) is 14.9. The maximum Gasteiger partial charge on any atom is 0.472 e. The number of rotatable bonds is 41. The van der Waals surface area contributed by atoms with Gasteiger partial charge in [-0.1, -0.05) is 134 Å². The molecule has 0 bridgehead atoms. The summed E-state index contributed by atoms with van der Waals surface area (Å²) in [4.78, 5) is 35.7. The van der Waals surface area contributed by atoms with E-state index < -0.39 is 76.7 Å². The average molecular weight is 838 g/mol. The Morgan fingerprint density at radius 1 is 0.614 bits per heavy atom. The lowest BCUT2D eigenvalue weighted by molar-refractivity contribution is -0.161. The second-order valence-corrected chi connectivity index (χ2v) is 16.3. The van der Waals surface area contributed by atoms with E-state index in [1.54, 1.807) is 0 Å². The first-order valence-electron chi connectivity index (χ1n) is 22.5. The third-order valence-electron chi connectivity index (χ3n) is 9.56. The van der Waals surface area contributed by atoms with Gasteiger partial charge >= 0.3 is 19.8 Å². The van der Waals surface area contributed by atoms with Gasteiger partial charge in [-0.05, 0) is 57.8 Å². The molecule has 6 N–H and O–H groups in total. The van der Waals surface area contributed by atoms with Crippen molar-refractivity contribution in [1.29, 1.82) is 0 Å². The third-order valence-corrected chi connectivity index (χ3v) is 10.6. The van der Waals surface area contributed by atoms with Gasteiger partial charge < -0.3 is 39.9 Å². The van der Waals surface area contributed by atoms with Gasteiger partial charge in [0.25, 0.3) is 0 Å². The Labute approximate surface area is 345 Å². The molecule has 0 spiro atoms. The first-order valence-corrected chi connectivity index (χ1v) is 23.4. The topological polar surface area (TPSA) is 210 Å². The molecule has 0 saturated carbocycles. The summed E-state index contributed by atoms with van der Waals surface area (Å²) in [6.07, 6.45) is 25.2. The summed E-state index contributed by atoms with van der Waals surface area (Å²) < 4.78 is 41.4. The van der Waals surface area contributed by atoms with Crippen LogP contribution in [0.5, 0.6) is 0 Å². The highest BCUT2D eigenvalue weighted by molar-refractivity contribution is 7.47. The number of esters is 2. The zero-order chi connectivity index (χ0) is 43.3. The van der Waals surface area contributed by atoms with Crippen LogP contribution in [-0.2, 0) is 32.7 Å². The van der Waals surface area contributed by atoms with Crippen molar-refractivity contribution in [1.82, 2.24) is 0 Å². The summed E-state index contributed by atoms with van der Waals surface area (Å²) in [5, 5.41) is 48.3. The molecule has 13 nitrogen and oxygen atoms in total. The number of allylic oxidation sites excluding steroid dienone is 4. The number of carbonyl (C=O) groups excluding carboxylic acids is 2. The van der Waals surface area contributed by atoms with E-state index in [0.717, 1.165) is 70.6 Å². The Morgan fingerprint density at radius 2 is 1.07 bits per heavy atom. The van der Waals surface area contributed by atoms with Crippen molar-refractivity contribution in [3.63, 3.8) is 0 Å². The average Bonchev–Trinajstić information content (AvgIpc) is 3.20. The van der Waals surface area contributed by atoms with Crippen molar-refractivity contribution in [2.75, 3.05) is 26.4 Å². The van der Waals surface area contributed by atoms with E-state index in [1.807, 2.05) is 0 Å². The minimum atomic E-state index is -5.17. The minimum Gasteiger partial charge on any atom is -0.462 e. The largest absolute Gasteiger partial charge is 0.472 e. The van der Waals surface area contributed by atoms with Crippen LogP contribution in [0.2, 0.25) is 0 Å². The number of hydrogen-bond donors (Lipinski definition) is 6. The Hall–Kier alpha value is -1.67. The van der Waals surface area contributed by atoms with Gasteiger partial charge in [-0.3, -0.25) is 18.6 Å². The van der Waals surface area contributed by atoms with Gasteiger partial charge in [-0.15, -0.1) is 0 Å². The molecule has 57 heavy (non-hydrogen) atoms. The highest BCUT2D eigenvalue weighted by Crippen LogP contribution is 2.45. The smallest absolute Gasteiger partial charge is 0.462 e. The van der Waals surface area contributed by atoms with Gasteiger partial charge in [-0.2, -0.15) is 0 Å². The fraction of sp³-hybridized carbons (Fsp3) is 0.860. The Balaban J connectivity index is 4.90. The molecular weight excluding hydrogens is 755 g/mol. The fourth-order valence-electron chi connectivity index (χ4n) is 6.00. The second kappa shape index (κ2) is 38.5. The Kier molecular flexibility index (Phi) is 36.1. The third kappa shape index (κ3) is 33.8. The SMILES string of the molecule is [2H]C(OC(=O)CCCCCCCCCCCCCCCCC)[C@H](COP(=O)(O)O[C@H](CO)[C@@H](O)[C@H](O)[C@H](O)CO)OC(=O)CCCC/C=C\CCCC/C=C\CCC. The van der Waals surface area contributed by atoms with Gasteiger partial charge in [0, 0.05) is 12.8 Å². The Morgan fingerprint density at radius 3 is 1.56 bits per heavy atom. The van der Waals surface area contributed by atoms with Gasteiger partial charge in [0.15, 0.2) is 6.10 Å². The molecule has 0 aromatic heterocycles. The number of aliphatic hydroxyl groups is 5. The van der Waals surface area contributed by atoms with Crippen molar-refractivity contribution in [3.8, 4) is 0 Å². The molecule has 0 amide bonds. The number of hydrogen-bond acceptors (Lipinski definition) is 12. The molecule has 14 heteroatoms. The first kappa shape index (κ1) is 53.3. The summed E-state index contributed by atoms with van der Waals surface area (Å²) in [5.41, 5.74) is 0. The van der Waals surface area contributed by atoms with Crippen LogP contribution in [0.15, 0.2) is 24.3 Å². The zero-order valence-corrected chi connectivity index (χ0v) is 36.2. The zero-order valence-electron chi connectivity index (χ0n) is 36.3. The van der Waals surface area contributed by atoms with Crippen LogP contribution in [0.1, 0.15) is 182 Å². The summed E-state index contributed by atoms with van der Waals surface area (Å²) >= 11 is 0. The summed E-state index contributed by atoms with van der Waals surface area (Å²) in [5.74, 6) is -1.43. The quantitative estimate of drug-likeness (QED) is 0.0148. The first-order chi connectivity index (χ1) is 27.9. The van der Waals surface area contributed by atoms with Crippen LogP contribution in [0.25, 0.3) is 0 Å². The van der Waals surface area contributed by atoms with Crippen LogP contribution >= 0.6 is 7.82 Å². The summed E-state index contributed by atoms with van der Waals surface area (Å²) in [7, 11) is -5.17. The highest BCUT2D eigenvalue weighted by Gasteiger charge is 2.37. The van der Waals surface area contributed by atoms with Crippen LogP contribution in [-0.4, -0.2) is 99.3 Å². The van der Waals surface area contributed by atoms with Crippen LogP contribution in [0.3, 0.4) is 0 Å². The Bertz CT molecular complexity index is 1090. The number of unbranched alkanes of at least 4 members (excludes halogenated alkanes) is 20. The van der Waals surface area contributed by atoms with Crippen molar-refractivity contribution in [2.45, 2.75) is 211 Å². The number of carbonyl (C=O) groups is 2. The molecule has 0 saturated heterocycles. The van der Waals surface area contributed by atoms with Crippen LogP contribution < -0.4 is 0 Å². The number of phosphoric acid groups is 1. The van der Waals surface area contributed by atoms with E-state index in [-0.39, 0.29) is 12.8 Å². The molecule has 2 unspecified atom stereocenters. The van der Waals surface area contributed by atoms with Crippen molar-refractivity contribution < 1.29 is 64.5 Å². The number of aliphatic hydroxyl groups excluding tert-OH is 5. The minimum absolute atomic E-state index is 0.0225. The molecule has 0 fully saturated rings. The maximum atomic E-state index is 12.8. The van der Waals surface area contributed by atoms with E-state index in [9.17, 15) is 39.5 Å². The number of ether oxygens (including phenoxy) is 2. The van der Waals surface area contributed by atoms with Crippen LogP contribution in [0.4, 0.5) is 0 Å². The molecular formula is C43H81O13P. The van der Waals surface area contributed by atoms with Gasteiger partial charge in [0.2, 0.25) is 0 Å². The van der Waals surface area contributed by atoms with Gasteiger partial charge in [-0.25, -0.2) is 4.57 Å². The van der Waals surface area contributed by atoms with Crippen molar-refractivity contribution in [3.05, 3.63) is 24.3 Å². The monoisotopic (exact) mass is 838 g/mol. The summed E-state index contributed by atoms with van der Waals surface area (Å²) in [6.45, 7) is -0.382. The molecule has 0 aliphatic rings. The van der Waals surface area contributed by atoms with E-state index in [1.165, 1.54) is 64.2 Å². The van der Waals surface area contributed by atoms with E-state index in [4.69, 9.17) is 25.0 Å².